The number of carbonyl (C=O) groups excluding carboxylic acids is 2. The van der Waals surface area contributed by atoms with Crippen LogP contribution in [0.15, 0.2) is 12.1 Å². The maximum absolute atomic E-state index is 14.2. The maximum Gasteiger partial charge on any atom is 0.449 e. The number of nitrogens with one attached hydrogen (secondary N) is 3. The van der Waals surface area contributed by atoms with Gasteiger partial charge in [0.15, 0.2) is 11.6 Å². The number of piperazine rings is 1. The van der Waals surface area contributed by atoms with Crippen LogP contribution in [-0.2, 0) is 16.0 Å². The van der Waals surface area contributed by atoms with E-state index >= 15 is 0 Å². The van der Waals surface area contributed by atoms with Crippen LogP contribution in [0.3, 0.4) is 0 Å². The van der Waals surface area contributed by atoms with Gasteiger partial charge in [-0.15, -0.1) is 0 Å². The number of carbonyl (C=O) groups is 2. The van der Waals surface area contributed by atoms with Crippen molar-refractivity contribution in [1.29, 1.82) is 10.8 Å². The number of ether oxygens (including phenoxy) is 1. The molecular formula is C21H25F6N5O3. The van der Waals surface area contributed by atoms with Crippen molar-refractivity contribution in [3.8, 4) is 0 Å². The number of alkyl halides is 3. The molecule has 1 aliphatic heterocycles. The zero-order valence-corrected chi connectivity index (χ0v) is 19.2. The molecule has 194 valence electrons. The van der Waals surface area contributed by atoms with Gasteiger partial charge in [-0.3, -0.25) is 15.6 Å². The number of hydrogen-bond acceptors (Lipinski definition) is 5. The number of amidine groups is 2. The number of rotatable bonds is 5. The number of alkyl carbamates (subject to hydrolysis) is 1. The fourth-order valence-corrected chi connectivity index (χ4v) is 3.29. The molecule has 1 saturated heterocycles. The van der Waals surface area contributed by atoms with Crippen LogP contribution in [0.2, 0.25) is 0 Å². The van der Waals surface area contributed by atoms with Crippen LogP contribution < -0.4 is 5.32 Å². The van der Waals surface area contributed by atoms with Crippen LogP contribution in [0.25, 0.3) is 0 Å². The highest BCUT2D eigenvalue weighted by Gasteiger charge is 2.41. The van der Waals surface area contributed by atoms with Crippen molar-refractivity contribution < 1.29 is 40.7 Å². The molecule has 3 N–H and O–H groups in total. The summed E-state index contributed by atoms with van der Waals surface area (Å²) in [5.41, 5.74) is -1.24. The van der Waals surface area contributed by atoms with E-state index in [0.717, 1.165) is 4.90 Å². The van der Waals surface area contributed by atoms with Crippen LogP contribution >= 0.6 is 0 Å². The number of hydrogen-bond donors (Lipinski definition) is 3. The Kier molecular flexibility index (Phi) is 8.39. The quantitative estimate of drug-likeness (QED) is 0.244. The van der Waals surface area contributed by atoms with Gasteiger partial charge in [-0.25, -0.2) is 18.0 Å². The second-order valence-corrected chi connectivity index (χ2v) is 8.87. The largest absolute Gasteiger partial charge is 0.449 e. The van der Waals surface area contributed by atoms with E-state index in [9.17, 15) is 35.9 Å². The predicted molar refractivity (Wildman–Crippen MR) is 113 cm³/mol. The summed E-state index contributed by atoms with van der Waals surface area (Å²) >= 11 is 0. The highest BCUT2D eigenvalue weighted by atomic mass is 19.4. The second-order valence-electron chi connectivity index (χ2n) is 8.87. The second kappa shape index (κ2) is 10.5. The summed E-state index contributed by atoms with van der Waals surface area (Å²) in [5, 5.41) is 17.4. The maximum atomic E-state index is 14.2. The molecule has 0 radical (unpaired) electrons. The van der Waals surface area contributed by atoms with Gasteiger partial charge in [-0.05, 0) is 38.8 Å². The van der Waals surface area contributed by atoms with Gasteiger partial charge in [0, 0.05) is 31.6 Å². The molecule has 0 aliphatic carbocycles. The molecule has 1 fully saturated rings. The van der Waals surface area contributed by atoms with Gasteiger partial charge in [0.25, 0.3) is 0 Å². The molecule has 2 amide bonds. The third kappa shape index (κ3) is 7.86. The van der Waals surface area contributed by atoms with Crippen molar-refractivity contribution in [2.75, 3.05) is 19.6 Å². The lowest BCUT2D eigenvalue weighted by Crippen LogP contribution is -2.57. The molecule has 1 aromatic carbocycles. The molecular weight excluding hydrogens is 484 g/mol. The van der Waals surface area contributed by atoms with Crippen molar-refractivity contribution in [3.05, 3.63) is 35.1 Å². The van der Waals surface area contributed by atoms with Crippen molar-refractivity contribution in [2.45, 2.75) is 51.4 Å². The molecule has 1 atom stereocenters. The Bertz CT molecular complexity index is 1010. The Morgan fingerprint density at radius 2 is 1.69 bits per heavy atom. The van der Waals surface area contributed by atoms with Gasteiger partial charge < -0.3 is 19.9 Å². The monoisotopic (exact) mass is 509 g/mol. The summed E-state index contributed by atoms with van der Waals surface area (Å²) in [7, 11) is 0. The molecule has 0 aromatic heterocycles. The SMILES string of the molecule is CC(C)(C)OC(=O)NC(CC(=O)N1CCN(C(=N)C(F)(F)F)C(=N)C1)Cc1cc(F)c(F)cc1F. The van der Waals surface area contributed by atoms with Crippen molar-refractivity contribution >= 4 is 23.7 Å². The molecule has 1 aromatic rings. The highest BCUT2D eigenvalue weighted by molar-refractivity contribution is 6.03. The van der Waals surface area contributed by atoms with Gasteiger partial charge in [0.2, 0.25) is 11.7 Å². The minimum atomic E-state index is -4.96. The zero-order valence-electron chi connectivity index (χ0n) is 19.2. The lowest BCUT2D eigenvalue weighted by Gasteiger charge is -2.37. The number of nitrogens with zero attached hydrogens (tertiary/aromatic N) is 2. The van der Waals surface area contributed by atoms with Crippen LogP contribution in [0.4, 0.5) is 31.1 Å². The number of halogens is 6. The average Bonchev–Trinajstić information content (AvgIpc) is 2.69. The lowest BCUT2D eigenvalue weighted by molar-refractivity contribution is -0.131. The zero-order chi connectivity index (χ0) is 26.7. The first-order chi connectivity index (χ1) is 16.0. The smallest absolute Gasteiger partial charge is 0.444 e. The molecule has 0 spiro atoms. The Hall–Kier alpha value is -3.32. The van der Waals surface area contributed by atoms with Crippen LogP contribution in [0.1, 0.15) is 32.8 Å². The van der Waals surface area contributed by atoms with E-state index in [2.05, 4.69) is 5.32 Å². The third-order valence-corrected chi connectivity index (χ3v) is 4.85. The fraction of sp³-hybridized carbons (Fsp3) is 0.524. The van der Waals surface area contributed by atoms with E-state index in [4.69, 9.17) is 15.6 Å². The molecule has 1 aliphatic rings. The third-order valence-electron chi connectivity index (χ3n) is 4.85. The van der Waals surface area contributed by atoms with E-state index in [0.29, 0.717) is 17.0 Å². The highest BCUT2D eigenvalue weighted by Crippen LogP contribution is 2.21. The predicted octanol–water partition coefficient (Wildman–Crippen LogP) is 3.59. The normalized spacial score (nSPS) is 15.6. The summed E-state index contributed by atoms with van der Waals surface area (Å²) in [6.45, 7) is 3.49. The Labute approximate surface area is 197 Å². The topological polar surface area (TPSA) is 110 Å². The molecule has 1 heterocycles. The average molecular weight is 509 g/mol. The lowest BCUT2D eigenvalue weighted by atomic mass is 10.0. The first kappa shape index (κ1) is 27.9. The molecule has 14 heteroatoms. The van der Waals surface area contributed by atoms with E-state index in [1.807, 2.05) is 0 Å². The van der Waals surface area contributed by atoms with Gasteiger partial charge >= 0.3 is 12.3 Å². The van der Waals surface area contributed by atoms with Crippen molar-refractivity contribution in [1.82, 2.24) is 15.1 Å². The Balaban J connectivity index is 2.16. The standard InChI is InChI=1S/C21H25F6N5O3/c1-20(2,3)35-19(34)30-12(6-11-7-14(23)15(24)9-13(11)22)8-17(33)31-4-5-32(16(28)10-31)18(29)21(25,26)27/h7,9,12,28-29H,4-6,8,10H2,1-3H3,(H,30,34). The van der Waals surface area contributed by atoms with E-state index in [1.54, 1.807) is 20.8 Å². The van der Waals surface area contributed by atoms with E-state index < -0.39 is 84.9 Å². The molecule has 0 saturated carbocycles. The molecule has 1 unspecified atom stereocenters. The summed E-state index contributed by atoms with van der Waals surface area (Å²) in [6, 6.07) is -0.235. The Morgan fingerprint density at radius 1 is 1.09 bits per heavy atom. The van der Waals surface area contributed by atoms with Crippen LogP contribution in [-0.4, -0.2) is 70.9 Å². The summed E-state index contributed by atoms with van der Waals surface area (Å²) < 4.78 is 84.6. The van der Waals surface area contributed by atoms with Crippen LogP contribution in [0, 0.1) is 28.3 Å². The summed E-state index contributed by atoms with van der Waals surface area (Å²) in [4.78, 5) is 26.5. The van der Waals surface area contributed by atoms with Gasteiger partial charge in [0.05, 0.1) is 6.54 Å². The summed E-state index contributed by atoms with van der Waals surface area (Å²) in [6.07, 6.45) is -6.85. The number of benzene rings is 1. The summed E-state index contributed by atoms with van der Waals surface area (Å²) in [5.74, 6) is -6.91. The Morgan fingerprint density at radius 3 is 2.23 bits per heavy atom. The van der Waals surface area contributed by atoms with E-state index in [-0.39, 0.29) is 12.1 Å². The molecule has 0 bridgehead atoms. The van der Waals surface area contributed by atoms with Crippen LogP contribution in [0.5, 0.6) is 0 Å². The molecule has 2 rings (SSSR count). The van der Waals surface area contributed by atoms with Gasteiger partial charge in [-0.2, -0.15) is 13.2 Å². The van der Waals surface area contributed by atoms with Crippen molar-refractivity contribution in [2.24, 2.45) is 0 Å². The minimum Gasteiger partial charge on any atom is -0.444 e. The van der Waals surface area contributed by atoms with E-state index in [1.165, 1.54) is 0 Å². The number of amides is 2. The first-order valence-electron chi connectivity index (χ1n) is 10.4. The van der Waals surface area contributed by atoms with Gasteiger partial charge in [-0.1, -0.05) is 0 Å². The fourth-order valence-electron chi connectivity index (χ4n) is 3.29. The molecule has 8 nitrogen and oxygen atoms in total. The van der Waals surface area contributed by atoms with Gasteiger partial charge in [0.1, 0.15) is 17.3 Å². The first-order valence-corrected chi connectivity index (χ1v) is 10.4. The minimum absolute atomic E-state index is 0.252. The molecule has 35 heavy (non-hydrogen) atoms. The van der Waals surface area contributed by atoms with Crippen molar-refractivity contribution in [3.63, 3.8) is 0 Å².